The molecule has 0 unspecified atom stereocenters. The van der Waals surface area contributed by atoms with Gasteiger partial charge in [0.05, 0.1) is 0 Å². The lowest BCUT2D eigenvalue weighted by Gasteiger charge is -2.32. The quantitative estimate of drug-likeness (QED) is 0.567. The number of fused-ring (bicyclic) bond motifs is 1. The lowest BCUT2D eigenvalue weighted by Crippen LogP contribution is -2.39. The summed E-state index contributed by atoms with van der Waals surface area (Å²) in [4.78, 5) is 14.0. The molecule has 0 radical (unpaired) electrons. The first-order valence-corrected chi connectivity index (χ1v) is 10.6. The summed E-state index contributed by atoms with van der Waals surface area (Å²) >= 11 is 5.88. The average molecular weight is 446 g/mol. The Morgan fingerprint density at radius 1 is 1.26 bits per heavy atom. The third kappa shape index (κ3) is 4.79. The van der Waals surface area contributed by atoms with E-state index >= 15 is 0 Å². The first-order valence-electron chi connectivity index (χ1n) is 10.3. The van der Waals surface area contributed by atoms with E-state index in [0.717, 1.165) is 11.1 Å². The van der Waals surface area contributed by atoms with Crippen LogP contribution < -0.4 is 9.47 Å². The SMILES string of the molecule is CC(C)(C)OC(=O)N1CC=C(c2cccc3c2O[C@@H](c2ccc(Cl)cc2F)CO3)CC1. The molecule has 7 heteroatoms. The molecule has 164 valence electrons. The maximum Gasteiger partial charge on any atom is 0.410 e. The standard InChI is InChI=1S/C24H25ClFNO4/c1-24(2,3)31-23(28)27-11-9-15(10-12-27)17-5-4-6-20-22(17)30-21(14-29-20)18-8-7-16(25)13-19(18)26/h4-9,13,21H,10-12,14H2,1-3H3/t21-/m1/s1. The van der Waals surface area contributed by atoms with Crippen molar-refractivity contribution in [2.75, 3.05) is 19.7 Å². The predicted molar refractivity (Wildman–Crippen MR) is 117 cm³/mol. The number of rotatable bonds is 2. The predicted octanol–water partition coefficient (Wildman–Crippen LogP) is 6.02. The number of amides is 1. The van der Waals surface area contributed by atoms with Gasteiger partial charge in [0, 0.05) is 29.2 Å². The number of para-hydroxylation sites is 1. The Labute approximate surface area is 186 Å². The second kappa shape index (κ2) is 8.42. The fourth-order valence-electron chi connectivity index (χ4n) is 3.67. The van der Waals surface area contributed by atoms with Crippen molar-refractivity contribution in [3.05, 3.63) is 64.4 Å². The van der Waals surface area contributed by atoms with Gasteiger partial charge in [-0.3, -0.25) is 0 Å². The number of carbonyl (C=O) groups is 1. The molecule has 2 aliphatic heterocycles. The molecule has 2 aliphatic rings. The van der Waals surface area contributed by atoms with Crippen molar-refractivity contribution in [3.8, 4) is 11.5 Å². The van der Waals surface area contributed by atoms with Crippen LogP contribution >= 0.6 is 11.6 Å². The van der Waals surface area contributed by atoms with Crippen LogP contribution in [-0.4, -0.2) is 36.3 Å². The van der Waals surface area contributed by atoms with Gasteiger partial charge in [0.2, 0.25) is 0 Å². The van der Waals surface area contributed by atoms with Gasteiger partial charge in [0.1, 0.15) is 18.0 Å². The first-order chi connectivity index (χ1) is 14.7. The van der Waals surface area contributed by atoms with Gasteiger partial charge in [-0.1, -0.05) is 35.9 Å². The molecule has 0 N–H and O–H groups in total. The number of carbonyl (C=O) groups excluding carboxylic acids is 1. The highest BCUT2D eigenvalue weighted by molar-refractivity contribution is 6.30. The number of hydrogen-bond acceptors (Lipinski definition) is 4. The van der Waals surface area contributed by atoms with Gasteiger partial charge in [-0.05, 0) is 51.0 Å². The van der Waals surface area contributed by atoms with Crippen LogP contribution in [-0.2, 0) is 4.74 Å². The highest BCUT2D eigenvalue weighted by Gasteiger charge is 2.29. The molecule has 1 atom stereocenters. The minimum absolute atomic E-state index is 0.209. The summed E-state index contributed by atoms with van der Waals surface area (Å²) < 4.78 is 32.0. The second-order valence-electron chi connectivity index (χ2n) is 8.62. The zero-order chi connectivity index (χ0) is 22.2. The maximum atomic E-state index is 14.4. The van der Waals surface area contributed by atoms with Crippen LogP contribution in [0.15, 0.2) is 42.5 Å². The van der Waals surface area contributed by atoms with E-state index < -0.39 is 17.5 Å². The Morgan fingerprint density at radius 3 is 2.74 bits per heavy atom. The van der Waals surface area contributed by atoms with Gasteiger partial charge in [0.25, 0.3) is 0 Å². The van der Waals surface area contributed by atoms with E-state index in [1.54, 1.807) is 17.0 Å². The summed E-state index contributed by atoms with van der Waals surface area (Å²) in [7, 11) is 0. The Bertz CT molecular complexity index is 1030. The third-order valence-corrected chi connectivity index (χ3v) is 5.38. The van der Waals surface area contributed by atoms with Gasteiger partial charge in [-0.25, -0.2) is 9.18 Å². The van der Waals surface area contributed by atoms with Crippen LogP contribution in [0.3, 0.4) is 0 Å². The fraction of sp³-hybridized carbons (Fsp3) is 0.375. The molecule has 2 aromatic carbocycles. The van der Waals surface area contributed by atoms with Crippen molar-refractivity contribution in [2.45, 2.75) is 38.9 Å². The Balaban J connectivity index is 1.55. The van der Waals surface area contributed by atoms with Crippen LogP contribution in [0.1, 0.15) is 44.4 Å². The summed E-state index contributed by atoms with van der Waals surface area (Å²) in [6, 6.07) is 10.2. The third-order valence-electron chi connectivity index (χ3n) is 5.15. The lowest BCUT2D eigenvalue weighted by molar-refractivity contribution is 0.0270. The molecule has 0 aliphatic carbocycles. The van der Waals surface area contributed by atoms with Gasteiger partial charge < -0.3 is 19.1 Å². The monoisotopic (exact) mass is 445 g/mol. The van der Waals surface area contributed by atoms with Crippen LogP contribution in [0.5, 0.6) is 11.5 Å². The molecule has 2 heterocycles. The van der Waals surface area contributed by atoms with Crippen LogP contribution in [0, 0.1) is 5.82 Å². The van der Waals surface area contributed by atoms with Gasteiger partial charge in [0.15, 0.2) is 17.6 Å². The molecule has 0 aromatic heterocycles. The van der Waals surface area contributed by atoms with E-state index in [9.17, 15) is 9.18 Å². The zero-order valence-electron chi connectivity index (χ0n) is 17.8. The van der Waals surface area contributed by atoms with E-state index in [-0.39, 0.29) is 12.7 Å². The fourth-order valence-corrected chi connectivity index (χ4v) is 3.83. The topological polar surface area (TPSA) is 48.0 Å². The largest absolute Gasteiger partial charge is 0.485 e. The van der Waals surface area contributed by atoms with Crippen molar-refractivity contribution in [3.63, 3.8) is 0 Å². The number of ether oxygens (including phenoxy) is 3. The van der Waals surface area contributed by atoms with Crippen LogP contribution in [0.2, 0.25) is 5.02 Å². The smallest absolute Gasteiger partial charge is 0.410 e. The van der Waals surface area contributed by atoms with E-state index in [1.165, 1.54) is 6.07 Å². The Morgan fingerprint density at radius 2 is 2.06 bits per heavy atom. The zero-order valence-corrected chi connectivity index (χ0v) is 18.5. The summed E-state index contributed by atoms with van der Waals surface area (Å²) in [5.74, 6) is 0.788. The Kier molecular flexibility index (Phi) is 5.84. The molecule has 0 saturated heterocycles. The normalized spacial score (nSPS) is 18.4. The molecule has 1 amide bonds. The van der Waals surface area contributed by atoms with E-state index in [0.29, 0.717) is 41.6 Å². The lowest BCUT2D eigenvalue weighted by atomic mass is 9.97. The minimum atomic E-state index is -0.576. The van der Waals surface area contributed by atoms with Gasteiger partial charge >= 0.3 is 6.09 Å². The maximum absolute atomic E-state index is 14.4. The molecule has 4 rings (SSSR count). The molecule has 0 saturated carbocycles. The highest BCUT2D eigenvalue weighted by Crippen LogP contribution is 2.43. The Hall–Kier alpha value is -2.73. The van der Waals surface area contributed by atoms with Gasteiger partial charge in [-0.2, -0.15) is 0 Å². The molecule has 0 bridgehead atoms. The molecule has 31 heavy (non-hydrogen) atoms. The van der Waals surface area contributed by atoms with Crippen molar-refractivity contribution in [1.82, 2.24) is 4.90 Å². The number of hydrogen-bond donors (Lipinski definition) is 0. The van der Waals surface area contributed by atoms with Gasteiger partial charge in [-0.15, -0.1) is 0 Å². The molecule has 0 spiro atoms. The van der Waals surface area contributed by atoms with Crippen molar-refractivity contribution in [2.24, 2.45) is 0 Å². The minimum Gasteiger partial charge on any atom is -0.485 e. The van der Waals surface area contributed by atoms with Crippen LogP contribution in [0.25, 0.3) is 5.57 Å². The summed E-state index contributed by atoms with van der Waals surface area (Å²) in [5, 5.41) is 0.334. The molecule has 0 fully saturated rings. The van der Waals surface area contributed by atoms with Crippen molar-refractivity contribution in [1.29, 1.82) is 0 Å². The van der Waals surface area contributed by atoms with Crippen molar-refractivity contribution < 1.29 is 23.4 Å². The average Bonchev–Trinajstić information content (AvgIpc) is 2.72. The van der Waals surface area contributed by atoms with E-state index in [1.807, 2.05) is 45.0 Å². The van der Waals surface area contributed by atoms with Crippen molar-refractivity contribution >= 4 is 23.3 Å². The van der Waals surface area contributed by atoms with Crippen LogP contribution in [0.4, 0.5) is 9.18 Å². The summed E-state index contributed by atoms with van der Waals surface area (Å²) in [6.07, 6.45) is 1.75. The van der Waals surface area contributed by atoms with E-state index in [4.69, 9.17) is 25.8 Å². The summed E-state index contributed by atoms with van der Waals surface area (Å²) in [5.41, 5.74) is 1.81. The molecular formula is C24H25ClFNO4. The number of benzene rings is 2. The molecule has 5 nitrogen and oxygen atoms in total. The first kappa shape index (κ1) is 21.5. The summed E-state index contributed by atoms with van der Waals surface area (Å²) in [6.45, 7) is 6.75. The molecule has 2 aromatic rings. The molecular weight excluding hydrogens is 421 g/mol. The number of halogens is 2. The highest BCUT2D eigenvalue weighted by atomic mass is 35.5. The van der Waals surface area contributed by atoms with E-state index in [2.05, 4.69) is 0 Å². The number of nitrogens with zero attached hydrogens (tertiary/aromatic N) is 1. The second-order valence-corrected chi connectivity index (χ2v) is 9.06.